The van der Waals surface area contributed by atoms with E-state index in [1.165, 1.54) is 0 Å². The van der Waals surface area contributed by atoms with E-state index in [1.54, 1.807) is 12.3 Å². The summed E-state index contributed by atoms with van der Waals surface area (Å²) in [6.45, 7) is 2.05. The summed E-state index contributed by atoms with van der Waals surface area (Å²) in [5, 5.41) is 1.01. The fourth-order valence-corrected chi connectivity index (χ4v) is 1.57. The Hall–Kier alpha value is -1.74. The third-order valence-electron chi connectivity index (χ3n) is 2.47. The van der Waals surface area contributed by atoms with Gasteiger partial charge in [-0.15, -0.1) is 0 Å². The van der Waals surface area contributed by atoms with Crippen molar-refractivity contribution in [1.29, 1.82) is 0 Å². The van der Waals surface area contributed by atoms with Crippen molar-refractivity contribution < 1.29 is 4.79 Å². The first-order valence-electron chi connectivity index (χ1n) is 4.81. The van der Waals surface area contributed by atoms with E-state index in [4.69, 9.17) is 5.73 Å². The molecule has 1 aromatic heterocycles. The number of nitrogens with zero attached hydrogens (tertiary/aromatic N) is 1. The number of rotatable bonds is 2. The van der Waals surface area contributed by atoms with Gasteiger partial charge in [-0.05, 0) is 36.8 Å². The molecule has 76 valence electrons. The minimum absolute atomic E-state index is 0.0415. The van der Waals surface area contributed by atoms with Gasteiger partial charge in [0, 0.05) is 17.1 Å². The van der Waals surface area contributed by atoms with Crippen LogP contribution < -0.4 is 5.73 Å². The summed E-state index contributed by atoms with van der Waals surface area (Å²) in [4.78, 5) is 15.6. The Morgan fingerprint density at radius 3 is 2.93 bits per heavy atom. The maximum Gasteiger partial charge on any atom is 0.176 e. The fraction of sp³-hybridized carbons (Fsp3) is 0.167. The van der Waals surface area contributed by atoms with E-state index >= 15 is 0 Å². The Balaban J connectivity index is 2.64. The smallest absolute Gasteiger partial charge is 0.176 e. The molecule has 1 heterocycles. The van der Waals surface area contributed by atoms with Gasteiger partial charge in [0.25, 0.3) is 0 Å². The Bertz CT molecular complexity index is 520. The van der Waals surface area contributed by atoms with Crippen LogP contribution in [-0.2, 0) is 0 Å². The number of hydrogen-bond acceptors (Lipinski definition) is 3. The van der Waals surface area contributed by atoms with E-state index in [9.17, 15) is 4.79 Å². The van der Waals surface area contributed by atoms with E-state index < -0.39 is 0 Å². The lowest BCUT2D eigenvalue weighted by atomic mass is 10.0. The minimum Gasteiger partial charge on any atom is -0.324 e. The Morgan fingerprint density at radius 1 is 1.40 bits per heavy atom. The van der Waals surface area contributed by atoms with Crippen molar-refractivity contribution in [3.05, 3.63) is 41.6 Å². The summed E-state index contributed by atoms with van der Waals surface area (Å²) in [7, 11) is 0. The van der Waals surface area contributed by atoms with Crippen molar-refractivity contribution in [3.63, 3.8) is 0 Å². The Labute approximate surface area is 87.9 Å². The van der Waals surface area contributed by atoms with Crippen molar-refractivity contribution in [3.8, 4) is 0 Å². The lowest BCUT2D eigenvalue weighted by molar-refractivity contribution is 0.100. The Morgan fingerprint density at radius 2 is 2.20 bits per heavy atom. The molecule has 15 heavy (non-hydrogen) atoms. The molecule has 0 amide bonds. The zero-order chi connectivity index (χ0) is 10.8. The minimum atomic E-state index is -0.0415. The van der Waals surface area contributed by atoms with Crippen molar-refractivity contribution in [2.24, 2.45) is 5.73 Å². The molecule has 0 atom stereocenters. The SMILES string of the molecule is Cc1ccnc2ccc(C(=O)CN)cc12. The molecular formula is C12H12N2O. The molecule has 0 aliphatic carbocycles. The van der Waals surface area contributed by atoms with Gasteiger partial charge in [-0.1, -0.05) is 0 Å². The highest BCUT2D eigenvalue weighted by Gasteiger charge is 2.05. The summed E-state index contributed by atoms with van der Waals surface area (Å²) in [6.07, 6.45) is 1.77. The van der Waals surface area contributed by atoms with E-state index in [0.29, 0.717) is 5.56 Å². The molecule has 0 aliphatic heterocycles. The van der Waals surface area contributed by atoms with E-state index in [-0.39, 0.29) is 12.3 Å². The molecule has 0 bridgehead atoms. The first-order chi connectivity index (χ1) is 7.22. The van der Waals surface area contributed by atoms with Gasteiger partial charge in [0.2, 0.25) is 0 Å². The second-order valence-electron chi connectivity index (χ2n) is 3.49. The van der Waals surface area contributed by atoms with Crippen LogP contribution in [0.3, 0.4) is 0 Å². The largest absolute Gasteiger partial charge is 0.324 e. The van der Waals surface area contributed by atoms with Crippen LogP contribution in [-0.4, -0.2) is 17.3 Å². The highest BCUT2D eigenvalue weighted by Crippen LogP contribution is 2.17. The summed E-state index contributed by atoms with van der Waals surface area (Å²) in [5.41, 5.74) is 8.00. The van der Waals surface area contributed by atoms with Crippen molar-refractivity contribution >= 4 is 16.7 Å². The first-order valence-corrected chi connectivity index (χ1v) is 4.81. The lowest BCUT2D eigenvalue weighted by Crippen LogP contribution is -2.13. The van der Waals surface area contributed by atoms with Gasteiger partial charge in [-0.25, -0.2) is 0 Å². The quantitative estimate of drug-likeness (QED) is 0.750. The van der Waals surface area contributed by atoms with Gasteiger partial charge in [0.05, 0.1) is 12.1 Å². The van der Waals surface area contributed by atoms with Crippen molar-refractivity contribution in [1.82, 2.24) is 4.98 Å². The molecule has 1 aromatic carbocycles. The average molecular weight is 200 g/mol. The molecule has 0 saturated carbocycles. The maximum atomic E-state index is 11.4. The summed E-state index contributed by atoms with van der Waals surface area (Å²) >= 11 is 0. The molecule has 3 nitrogen and oxygen atoms in total. The lowest BCUT2D eigenvalue weighted by Gasteiger charge is -2.03. The maximum absolute atomic E-state index is 11.4. The third kappa shape index (κ3) is 1.74. The number of aromatic nitrogens is 1. The zero-order valence-corrected chi connectivity index (χ0v) is 8.53. The van der Waals surface area contributed by atoms with E-state index in [2.05, 4.69) is 4.98 Å². The van der Waals surface area contributed by atoms with E-state index in [1.807, 2.05) is 25.1 Å². The molecule has 0 spiro atoms. The standard InChI is InChI=1S/C12H12N2O/c1-8-4-5-14-11-3-2-9(6-10(8)11)12(15)7-13/h2-6H,7,13H2,1H3. The van der Waals surface area contributed by atoms with Crippen LogP contribution in [0.25, 0.3) is 10.9 Å². The number of Topliss-reactive ketones (excluding diaryl/α,β-unsaturated/α-hetero) is 1. The number of benzene rings is 1. The van der Waals surface area contributed by atoms with Crippen molar-refractivity contribution in [2.45, 2.75) is 6.92 Å². The predicted molar refractivity (Wildman–Crippen MR) is 59.9 cm³/mol. The second-order valence-corrected chi connectivity index (χ2v) is 3.49. The highest BCUT2D eigenvalue weighted by molar-refractivity contribution is 6.00. The predicted octanol–water partition coefficient (Wildman–Crippen LogP) is 1.68. The normalized spacial score (nSPS) is 10.5. The monoisotopic (exact) mass is 200 g/mol. The van der Waals surface area contributed by atoms with Crippen LogP contribution in [0.15, 0.2) is 30.5 Å². The number of nitrogens with two attached hydrogens (primary N) is 1. The topological polar surface area (TPSA) is 56.0 Å². The number of ketones is 1. The van der Waals surface area contributed by atoms with Gasteiger partial charge in [0.1, 0.15) is 0 Å². The average Bonchev–Trinajstić information content (AvgIpc) is 2.28. The first kappa shape index (κ1) is 9.80. The molecule has 0 unspecified atom stereocenters. The number of carbonyl (C=O) groups excluding carboxylic acids is 1. The van der Waals surface area contributed by atoms with Gasteiger partial charge in [0.15, 0.2) is 5.78 Å². The number of hydrogen-bond donors (Lipinski definition) is 1. The fourth-order valence-electron chi connectivity index (χ4n) is 1.57. The van der Waals surface area contributed by atoms with Gasteiger partial charge in [-0.3, -0.25) is 9.78 Å². The van der Waals surface area contributed by atoms with Crippen LogP contribution >= 0.6 is 0 Å². The van der Waals surface area contributed by atoms with Crippen molar-refractivity contribution in [2.75, 3.05) is 6.54 Å². The molecule has 0 radical (unpaired) electrons. The van der Waals surface area contributed by atoms with Crippen LogP contribution in [0.2, 0.25) is 0 Å². The van der Waals surface area contributed by atoms with Gasteiger partial charge < -0.3 is 5.73 Å². The highest BCUT2D eigenvalue weighted by atomic mass is 16.1. The summed E-state index contributed by atoms with van der Waals surface area (Å²) < 4.78 is 0. The zero-order valence-electron chi connectivity index (χ0n) is 8.53. The molecular weight excluding hydrogens is 188 g/mol. The van der Waals surface area contributed by atoms with E-state index in [0.717, 1.165) is 16.5 Å². The number of fused-ring (bicyclic) bond motifs is 1. The molecule has 0 aliphatic rings. The molecule has 2 rings (SSSR count). The number of carbonyl (C=O) groups is 1. The molecule has 0 saturated heterocycles. The van der Waals surface area contributed by atoms with Crippen LogP contribution in [0, 0.1) is 6.92 Å². The second kappa shape index (κ2) is 3.79. The molecule has 0 fully saturated rings. The third-order valence-corrected chi connectivity index (χ3v) is 2.47. The van der Waals surface area contributed by atoms with Crippen LogP contribution in [0.1, 0.15) is 15.9 Å². The molecule has 2 aromatic rings. The number of pyridine rings is 1. The summed E-state index contributed by atoms with van der Waals surface area (Å²) in [6, 6.07) is 7.40. The van der Waals surface area contributed by atoms with Gasteiger partial charge >= 0.3 is 0 Å². The summed E-state index contributed by atoms with van der Waals surface area (Å²) in [5.74, 6) is -0.0415. The molecule has 3 heteroatoms. The number of aryl methyl sites for hydroxylation is 1. The Kier molecular flexibility index (Phi) is 2.47. The van der Waals surface area contributed by atoms with Crippen LogP contribution in [0.4, 0.5) is 0 Å². The van der Waals surface area contributed by atoms with Gasteiger partial charge in [-0.2, -0.15) is 0 Å². The van der Waals surface area contributed by atoms with Crippen LogP contribution in [0.5, 0.6) is 0 Å². The molecule has 2 N–H and O–H groups in total.